The van der Waals surface area contributed by atoms with Crippen LogP contribution < -0.4 is 5.32 Å². The van der Waals surface area contributed by atoms with Gasteiger partial charge in [0, 0.05) is 10.4 Å². The van der Waals surface area contributed by atoms with Crippen LogP contribution in [0.25, 0.3) is 0 Å². The molecule has 0 saturated heterocycles. The van der Waals surface area contributed by atoms with E-state index in [-0.39, 0.29) is 11.7 Å². The second-order valence-electron chi connectivity index (χ2n) is 4.01. The third-order valence-electron chi connectivity index (χ3n) is 2.67. The van der Waals surface area contributed by atoms with Gasteiger partial charge >= 0.3 is 0 Å². The third-order valence-corrected chi connectivity index (χ3v) is 3.61. The first-order chi connectivity index (χ1) is 8.58. The second kappa shape index (κ2) is 5.27. The highest BCUT2D eigenvalue weighted by molar-refractivity contribution is 7.09. The molecule has 0 aliphatic rings. The number of thiazole rings is 1. The number of hydrogen-bond donors (Lipinski definition) is 1. The molecule has 0 aliphatic heterocycles. The number of carbonyl (C=O) groups excluding carboxylic acids is 1. The summed E-state index contributed by atoms with van der Waals surface area (Å²) in [4.78, 5) is 17.0. The van der Waals surface area contributed by atoms with Crippen LogP contribution in [0.4, 0.5) is 4.39 Å². The van der Waals surface area contributed by atoms with Gasteiger partial charge in [0.1, 0.15) is 5.82 Å². The minimum Gasteiger partial charge on any atom is -0.347 e. The summed E-state index contributed by atoms with van der Waals surface area (Å²) in [5, 5.41) is 2.80. The van der Waals surface area contributed by atoms with Gasteiger partial charge in [0.05, 0.1) is 17.7 Å². The van der Waals surface area contributed by atoms with Crippen LogP contribution in [0.5, 0.6) is 0 Å². The van der Waals surface area contributed by atoms with Crippen molar-refractivity contribution in [1.29, 1.82) is 0 Å². The molecule has 1 amide bonds. The Balaban J connectivity index is 2.04. The summed E-state index contributed by atoms with van der Waals surface area (Å²) in [6, 6.07) is 4.34. The zero-order chi connectivity index (χ0) is 13.1. The average molecular weight is 264 g/mol. The fraction of sp³-hybridized carbons (Fsp3) is 0.231. The van der Waals surface area contributed by atoms with Crippen molar-refractivity contribution in [3.05, 3.63) is 51.2 Å². The fourth-order valence-corrected chi connectivity index (χ4v) is 2.26. The number of aromatic nitrogens is 1. The van der Waals surface area contributed by atoms with E-state index in [1.54, 1.807) is 18.5 Å². The molecule has 1 N–H and O–H groups in total. The van der Waals surface area contributed by atoms with Crippen molar-refractivity contribution in [3.63, 3.8) is 0 Å². The molecule has 0 bridgehead atoms. The standard InChI is InChI=1S/C13H13FN2OS/c1-8-5-10(3-4-11(8)14)13(17)15-6-12-9(2)16-7-18-12/h3-5,7H,6H2,1-2H3,(H,15,17). The van der Waals surface area contributed by atoms with Gasteiger partial charge in [0.15, 0.2) is 0 Å². The van der Waals surface area contributed by atoms with E-state index in [0.29, 0.717) is 17.7 Å². The number of benzene rings is 1. The lowest BCUT2D eigenvalue weighted by atomic mass is 10.1. The SMILES string of the molecule is Cc1cc(C(=O)NCc2scnc2C)ccc1F. The summed E-state index contributed by atoms with van der Waals surface area (Å²) in [6.45, 7) is 3.99. The Labute approximate surface area is 109 Å². The summed E-state index contributed by atoms with van der Waals surface area (Å²) in [7, 11) is 0. The Morgan fingerprint density at radius 2 is 2.22 bits per heavy atom. The van der Waals surface area contributed by atoms with Crippen LogP contribution in [-0.2, 0) is 6.54 Å². The Morgan fingerprint density at radius 3 is 2.83 bits per heavy atom. The first kappa shape index (κ1) is 12.7. The number of nitrogens with zero attached hydrogens (tertiary/aromatic N) is 1. The van der Waals surface area contributed by atoms with Crippen LogP contribution in [-0.4, -0.2) is 10.9 Å². The predicted octanol–water partition coefficient (Wildman–Crippen LogP) is 2.83. The van der Waals surface area contributed by atoms with Crippen LogP contribution in [0.3, 0.4) is 0 Å². The number of aryl methyl sites for hydroxylation is 2. The van der Waals surface area contributed by atoms with Crippen LogP contribution >= 0.6 is 11.3 Å². The molecule has 0 aliphatic carbocycles. The molecule has 0 unspecified atom stereocenters. The molecule has 0 saturated carbocycles. The molecule has 5 heteroatoms. The van der Waals surface area contributed by atoms with E-state index in [1.165, 1.54) is 23.5 Å². The van der Waals surface area contributed by atoms with Gasteiger partial charge in [-0.05, 0) is 37.6 Å². The van der Waals surface area contributed by atoms with E-state index >= 15 is 0 Å². The normalized spacial score (nSPS) is 10.4. The van der Waals surface area contributed by atoms with E-state index in [1.807, 2.05) is 6.92 Å². The number of halogens is 1. The first-order valence-corrected chi connectivity index (χ1v) is 6.39. The van der Waals surface area contributed by atoms with Crippen molar-refractivity contribution in [2.24, 2.45) is 0 Å². The van der Waals surface area contributed by atoms with Gasteiger partial charge in [-0.3, -0.25) is 4.79 Å². The zero-order valence-electron chi connectivity index (χ0n) is 10.2. The second-order valence-corrected chi connectivity index (χ2v) is 4.95. The van der Waals surface area contributed by atoms with E-state index in [9.17, 15) is 9.18 Å². The summed E-state index contributed by atoms with van der Waals surface area (Å²) in [5.74, 6) is -0.504. The Bertz CT molecular complexity index is 580. The molecule has 2 aromatic rings. The highest BCUT2D eigenvalue weighted by Gasteiger charge is 2.09. The topological polar surface area (TPSA) is 42.0 Å². The summed E-state index contributed by atoms with van der Waals surface area (Å²) >= 11 is 1.51. The van der Waals surface area contributed by atoms with Crippen LogP contribution in [0.2, 0.25) is 0 Å². The Morgan fingerprint density at radius 1 is 1.44 bits per heavy atom. The Kier molecular flexibility index (Phi) is 3.72. The molecular weight excluding hydrogens is 251 g/mol. The van der Waals surface area contributed by atoms with E-state index in [2.05, 4.69) is 10.3 Å². The molecule has 3 nitrogen and oxygen atoms in total. The monoisotopic (exact) mass is 264 g/mol. The van der Waals surface area contributed by atoms with Gasteiger partial charge in [0.2, 0.25) is 0 Å². The molecule has 2 rings (SSSR count). The number of rotatable bonds is 3. The number of amides is 1. The highest BCUT2D eigenvalue weighted by Crippen LogP contribution is 2.12. The maximum absolute atomic E-state index is 13.1. The molecule has 0 fully saturated rings. The summed E-state index contributed by atoms with van der Waals surface area (Å²) in [6.07, 6.45) is 0. The van der Waals surface area contributed by atoms with Gasteiger partial charge in [-0.15, -0.1) is 11.3 Å². The molecular formula is C13H13FN2OS. The van der Waals surface area contributed by atoms with Crippen molar-refractivity contribution in [2.75, 3.05) is 0 Å². The van der Waals surface area contributed by atoms with Crippen molar-refractivity contribution in [1.82, 2.24) is 10.3 Å². The van der Waals surface area contributed by atoms with E-state index in [4.69, 9.17) is 0 Å². The molecule has 0 atom stereocenters. The smallest absolute Gasteiger partial charge is 0.251 e. The number of carbonyl (C=O) groups is 1. The lowest BCUT2D eigenvalue weighted by Crippen LogP contribution is -2.22. The molecule has 18 heavy (non-hydrogen) atoms. The van der Waals surface area contributed by atoms with Gasteiger partial charge in [0.25, 0.3) is 5.91 Å². The molecule has 0 radical (unpaired) electrons. The largest absolute Gasteiger partial charge is 0.347 e. The van der Waals surface area contributed by atoms with Crippen molar-refractivity contribution < 1.29 is 9.18 Å². The maximum Gasteiger partial charge on any atom is 0.251 e. The maximum atomic E-state index is 13.1. The highest BCUT2D eigenvalue weighted by atomic mass is 32.1. The summed E-state index contributed by atoms with van der Waals surface area (Å²) in [5.41, 5.74) is 3.61. The average Bonchev–Trinajstić information content (AvgIpc) is 2.75. The van der Waals surface area contributed by atoms with Gasteiger partial charge in [-0.25, -0.2) is 9.37 Å². The molecule has 1 heterocycles. The minimum atomic E-state index is -0.301. The molecule has 0 spiro atoms. The summed E-state index contributed by atoms with van der Waals surface area (Å²) < 4.78 is 13.1. The van der Waals surface area contributed by atoms with Gasteiger partial charge in [-0.2, -0.15) is 0 Å². The van der Waals surface area contributed by atoms with Crippen LogP contribution in [0.1, 0.15) is 26.5 Å². The molecule has 1 aromatic carbocycles. The van der Waals surface area contributed by atoms with Gasteiger partial charge < -0.3 is 5.32 Å². The first-order valence-electron chi connectivity index (χ1n) is 5.51. The van der Waals surface area contributed by atoms with E-state index < -0.39 is 0 Å². The number of nitrogens with one attached hydrogen (secondary N) is 1. The van der Waals surface area contributed by atoms with Crippen LogP contribution in [0.15, 0.2) is 23.7 Å². The molecule has 1 aromatic heterocycles. The quantitative estimate of drug-likeness (QED) is 0.926. The lowest BCUT2D eigenvalue weighted by Gasteiger charge is -2.05. The number of hydrogen-bond acceptors (Lipinski definition) is 3. The van der Waals surface area contributed by atoms with E-state index in [0.717, 1.165) is 10.6 Å². The van der Waals surface area contributed by atoms with Crippen molar-refractivity contribution in [2.45, 2.75) is 20.4 Å². The lowest BCUT2D eigenvalue weighted by molar-refractivity contribution is 0.0951. The minimum absolute atomic E-state index is 0.203. The van der Waals surface area contributed by atoms with Crippen LogP contribution in [0, 0.1) is 19.7 Å². The molecule has 94 valence electrons. The van der Waals surface area contributed by atoms with Crippen molar-refractivity contribution >= 4 is 17.2 Å². The Hall–Kier alpha value is -1.75. The fourth-order valence-electron chi connectivity index (χ4n) is 1.54. The van der Waals surface area contributed by atoms with Crippen molar-refractivity contribution in [3.8, 4) is 0 Å². The predicted molar refractivity (Wildman–Crippen MR) is 69.2 cm³/mol. The van der Waals surface area contributed by atoms with Gasteiger partial charge in [-0.1, -0.05) is 0 Å². The zero-order valence-corrected chi connectivity index (χ0v) is 11.0. The third kappa shape index (κ3) is 2.73.